The molecule has 0 radical (unpaired) electrons. The monoisotopic (exact) mass is 386 g/mol. The van der Waals surface area contributed by atoms with Crippen LogP contribution >= 0.6 is 0 Å². The third-order valence-corrected chi connectivity index (χ3v) is 3.79. The van der Waals surface area contributed by atoms with Gasteiger partial charge in [0, 0.05) is 18.9 Å². The van der Waals surface area contributed by atoms with Crippen LogP contribution in [0.25, 0.3) is 0 Å². The molecule has 0 fully saturated rings. The van der Waals surface area contributed by atoms with Gasteiger partial charge in [-0.05, 0) is 46.5 Å². The normalized spacial score (nSPS) is 13.5. The zero-order chi connectivity index (χ0) is 21.2. The molecular formula is C19H34N2O6. The fraction of sp³-hybridized carbons (Fsp3) is 0.789. The number of esters is 1. The summed E-state index contributed by atoms with van der Waals surface area (Å²) in [6.45, 7) is 10.7. The van der Waals surface area contributed by atoms with E-state index in [1.54, 1.807) is 20.8 Å². The number of ether oxygens (including phenoxy) is 2. The summed E-state index contributed by atoms with van der Waals surface area (Å²) < 4.78 is 9.88. The van der Waals surface area contributed by atoms with Gasteiger partial charge < -0.3 is 24.9 Å². The van der Waals surface area contributed by atoms with Gasteiger partial charge in [0.15, 0.2) is 0 Å². The van der Waals surface area contributed by atoms with Gasteiger partial charge in [-0.1, -0.05) is 13.8 Å². The Bertz CT molecular complexity index is 525. The molecule has 0 rings (SSSR count). The van der Waals surface area contributed by atoms with E-state index >= 15 is 0 Å². The van der Waals surface area contributed by atoms with Crippen molar-refractivity contribution >= 4 is 23.8 Å². The third-order valence-electron chi connectivity index (χ3n) is 3.79. The molecule has 8 heteroatoms. The maximum Gasteiger partial charge on any atom is 0.407 e. The minimum Gasteiger partial charge on any atom is -0.467 e. The number of ketones is 1. The van der Waals surface area contributed by atoms with Gasteiger partial charge in [-0.3, -0.25) is 4.79 Å². The molecule has 0 aliphatic rings. The lowest BCUT2D eigenvalue weighted by Crippen LogP contribution is -2.46. The fourth-order valence-electron chi connectivity index (χ4n) is 2.42. The number of hydrogen-bond donors (Lipinski definition) is 2. The first kappa shape index (κ1) is 24.9. The molecule has 2 amide bonds. The standard InChI is InChI=1S/C19H34N2O6/c1-12(2)14(11-13(3)22)16(23)21-15(17(24)26-7)9-8-10-20-18(25)27-19(4,5)6/h12,14-15H,8-11H2,1-7H3,(H,20,25)(H,21,23)/t14-,15-/m0/s1. The second-order valence-corrected chi connectivity index (χ2v) is 7.91. The van der Waals surface area contributed by atoms with Crippen LogP contribution in [0.3, 0.4) is 0 Å². The number of methoxy groups -OCH3 is 1. The van der Waals surface area contributed by atoms with E-state index in [0.717, 1.165) is 0 Å². The zero-order valence-electron chi connectivity index (χ0n) is 17.5. The quantitative estimate of drug-likeness (QED) is 0.440. The molecular weight excluding hydrogens is 352 g/mol. The first-order chi connectivity index (χ1) is 12.4. The molecule has 156 valence electrons. The summed E-state index contributed by atoms with van der Waals surface area (Å²) >= 11 is 0. The second-order valence-electron chi connectivity index (χ2n) is 7.91. The van der Waals surface area contributed by atoms with Gasteiger partial charge in [-0.25, -0.2) is 9.59 Å². The van der Waals surface area contributed by atoms with Gasteiger partial charge in [-0.15, -0.1) is 0 Å². The van der Waals surface area contributed by atoms with Crippen LogP contribution in [-0.2, 0) is 23.9 Å². The summed E-state index contributed by atoms with van der Waals surface area (Å²) in [5.41, 5.74) is -0.588. The van der Waals surface area contributed by atoms with Crippen molar-refractivity contribution in [3.8, 4) is 0 Å². The van der Waals surface area contributed by atoms with Crippen LogP contribution in [0.2, 0.25) is 0 Å². The number of nitrogens with one attached hydrogen (secondary N) is 2. The van der Waals surface area contributed by atoms with Crippen LogP contribution in [0.1, 0.15) is 60.8 Å². The smallest absolute Gasteiger partial charge is 0.407 e. The number of carbonyl (C=O) groups is 4. The Kier molecular flexibility index (Phi) is 10.7. The molecule has 0 aliphatic heterocycles. The highest BCUT2D eigenvalue weighted by molar-refractivity contribution is 5.89. The Morgan fingerprint density at radius 2 is 1.67 bits per heavy atom. The molecule has 0 spiro atoms. The van der Waals surface area contributed by atoms with Gasteiger partial charge in [0.05, 0.1) is 7.11 Å². The lowest BCUT2D eigenvalue weighted by atomic mass is 9.90. The molecule has 27 heavy (non-hydrogen) atoms. The number of rotatable bonds is 10. The predicted molar refractivity (Wildman–Crippen MR) is 101 cm³/mol. The van der Waals surface area contributed by atoms with E-state index in [2.05, 4.69) is 10.6 Å². The average molecular weight is 386 g/mol. The highest BCUT2D eigenvalue weighted by atomic mass is 16.6. The SMILES string of the molecule is COC(=O)[C@H](CCCNC(=O)OC(C)(C)C)NC(=O)[C@@H](CC(C)=O)C(C)C. The average Bonchev–Trinajstić information content (AvgIpc) is 2.52. The van der Waals surface area contributed by atoms with E-state index in [1.165, 1.54) is 14.0 Å². The Morgan fingerprint density at radius 1 is 1.07 bits per heavy atom. The Labute approximate surface area is 161 Å². The topological polar surface area (TPSA) is 111 Å². The van der Waals surface area contributed by atoms with Crippen molar-refractivity contribution in [2.24, 2.45) is 11.8 Å². The Balaban J connectivity index is 4.67. The van der Waals surface area contributed by atoms with Crippen molar-refractivity contribution in [1.29, 1.82) is 0 Å². The Morgan fingerprint density at radius 3 is 2.11 bits per heavy atom. The molecule has 0 aromatic rings. The van der Waals surface area contributed by atoms with Crippen molar-refractivity contribution in [3.63, 3.8) is 0 Å². The molecule has 0 unspecified atom stereocenters. The summed E-state index contributed by atoms with van der Waals surface area (Å²) in [6.07, 6.45) is 0.317. The number of carbonyl (C=O) groups excluding carboxylic acids is 4. The first-order valence-corrected chi connectivity index (χ1v) is 9.21. The van der Waals surface area contributed by atoms with Crippen LogP contribution in [0.4, 0.5) is 4.79 Å². The number of amides is 2. The molecule has 2 atom stereocenters. The summed E-state index contributed by atoms with van der Waals surface area (Å²) in [7, 11) is 1.25. The summed E-state index contributed by atoms with van der Waals surface area (Å²) in [5.74, 6) is -1.54. The molecule has 0 bridgehead atoms. The largest absolute Gasteiger partial charge is 0.467 e. The minimum absolute atomic E-state index is 0.0407. The lowest BCUT2D eigenvalue weighted by molar-refractivity contribution is -0.146. The maximum atomic E-state index is 12.5. The second kappa shape index (κ2) is 11.6. The van der Waals surface area contributed by atoms with Gasteiger partial charge >= 0.3 is 12.1 Å². The van der Waals surface area contributed by atoms with Gasteiger partial charge in [-0.2, -0.15) is 0 Å². The maximum absolute atomic E-state index is 12.5. The zero-order valence-corrected chi connectivity index (χ0v) is 17.5. The van der Waals surface area contributed by atoms with E-state index in [4.69, 9.17) is 9.47 Å². The summed E-state index contributed by atoms with van der Waals surface area (Å²) in [6, 6.07) is -0.837. The lowest BCUT2D eigenvalue weighted by Gasteiger charge is -2.23. The van der Waals surface area contributed by atoms with Gasteiger partial charge in [0.25, 0.3) is 0 Å². The molecule has 0 aromatic carbocycles. The molecule has 0 aromatic heterocycles. The van der Waals surface area contributed by atoms with Crippen molar-refractivity contribution in [2.45, 2.75) is 72.4 Å². The van der Waals surface area contributed by atoms with E-state index in [1.807, 2.05) is 13.8 Å². The highest BCUT2D eigenvalue weighted by Crippen LogP contribution is 2.17. The van der Waals surface area contributed by atoms with E-state index in [9.17, 15) is 19.2 Å². The minimum atomic E-state index is -0.837. The van der Waals surface area contributed by atoms with Gasteiger partial charge in [0.2, 0.25) is 5.91 Å². The molecule has 0 aliphatic carbocycles. The van der Waals surface area contributed by atoms with Crippen molar-refractivity contribution in [3.05, 3.63) is 0 Å². The van der Waals surface area contributed by atoms with Crippen molar-refractivity contribution in [1.82, 2.24) is 10.6 Å². The number of alkyl carbamates (subject to hydrolysis) is 1. The van der Waals surface area contributed by atoms with Crippen LogP contribution in [0.5, 0.6) is 0 Å². The number of hydrogen-bond acceptors (Lipinski definition) is 6. The molecule has 2 N–H and O–H groups in total. The van der Waals surface area contributed by atoms with E-state index in [-0.39, 0.29) is 24.0 Å². The van der Waals surface area contributed by atoms with Crippen molar-refractivity contribution < 1.29 is 28.7 Å². The molecule has 0 saturated heterocycles. The molecule has 0 heterocycles. The third kappa shape index (κ3) is 11.2. The Hall–Kier alpha value is -2.12. The van der Waals surface area contributed by atoms with E-state index < -0.39 is 29.6 Å². The van der Waals surface area contributed by atoms with Gasteiger partial charge in [0.1, 0.15) is 17.4 Å². The van der Waals surface area contributed by atoms with Crippen LogP contribution < -0.4 is 10.6 Å². The van der Waals surface area contributed by atoms with Crippen LogP contribution in [0, 0.1) is 11.8 Å². The molecule has 0 saturated carbocycles. The number of Topliss-reactive ketones (excluding diaryl/α,β-unsaturated/α-hetero) is 1. The summed E-state index contributed by atoms with van der Waals surface area (Å²) in [5, 5.41) is 5.27. The van der Waals surface area contributed by atoms with Crippen LogP contribution in [-0.4, -0.2) is 49.1 Å². The molecule has 8 nitrogen and oxygen atoms in total. The van der Waals surface area contributed by atoms with Crippen LogP contribution in [0.15, 0.2) is 0 Å². The van der Waals surface area contributed by atoms with Crippen molar-refractivity contribution in [2.75, 3.05) is 13.7 Å². The first-order valence-electron chi connectivity index (χ1n) is 9.21. The summed E-state index contributed by atoms with van der Waals surface area (Å²) in [4.78, 5) is 47.5. The predicted octanol–water partition coefficient (Wildman–Crippen LogP) is 2.20. The highest BCUT2D eigenvalue weighted by Gasteiger charge is 2.28. The fourth-order valence-corrected chi connectivity index (χ4v) is 2.42. The van der Waals surface area contributed by atoms with E-state index in [0.29, 0.717) is 19.4 Å².